The first-order valence-electron chi connectivity index (χ1n) is 16.2. The van der Waals surface area contributed by atoms with Crippen molar-refractivity contribution in [2.45, 2.75) is 49.6 Å². The van der Waals surface area contributed by atoms with Gasteiger partial charge in [-0.15, -0.1) is 6.42 Å². The lowest BCUT2D eigenvalue weighted by molar-refractivity contribution is 0.107. The number of nitrogens with two attached hydrogens (primary N) is 1. The fourth-order valence-electron chi connectivity index (χ4n) is 7.52. The van der Waals surface area contributed by atoms with Gasteiger partial charge in [0.15, 0.2) is 23.3 Å². The van der Waals surface area contributed by atoms with E-state index in [-0.39, 0.29) is 53.3 Å². The van der Waals surface area contributed by atoms with Crippen molar-refractivity contribution in [3.63, 3.8) is 0 Å². The van der Waals surface area contributed by atoms with Gasteiger partial charge in [0.25, 0.3) is 0 Å². The number of aromatic nitrogens is 3. The molecule has 5 atom stereocenters. The Morgan fingerprint density at radius 1 is 1.09 bits per heavy atom. The average Bonchev–Trinajstić information content (AvgIpc) is 3.42. The van der Waals surface area contributed by atoms with Crippen molar-refractivity contribution < 1.29 is 33.8 Å². The van der Waals surface area contributed by atoms with E-state index in [0.29, 0.717) is 25.8 Å². The molecule has 47 heavy (non-hydrogen) atoms. The molecule has 242 valence electrons. The summed E-state index contributed by atoms with van der Waals surface area (Å²) in [6.07, 6.45) is 9.13. The van der Waals surface area contributed by atoms with E-state index in [9.17, 15) is 13.2 Å². The maximum Gasteiger partial charge on any atom is 0.319 e. The van der Waals surface area contributed by atoms with Gasteiger partial charge in [-0.3, -0.25) is 9.88 Å². The molecule has 1 aliphatic carbocycles. The number of benzene rings is 2. The van der Waals surface area contributed by atoms with Crippen molar-refractivity contribution in [3.8, 4) is 29.6 Å². The molecule has 13 heteroatoms. The number of allylic oxidation sites excluding steroid dienone is 1. The zero-order valence-electron chi connectivity index (χ0n) is 26.7. The van der Waals surface area contributed by atoms with E-state index in [2.05, 4.69) is 15.0 Å². The van der Waals surface area contributed by atoms with E-state index in [1.54, 1.807) is 9.80 Å². The lowest BCUT2D eigenvalue weighted by Gasteiger charge is -2.31. The summed E-state index contributed by atoms with van der Waals surface area (Å²) in [5, 5.41) is -0.847. The predicted octanol–water partition coefficient (Wildman–Crippen LogP) is 6.02. The molecule has 2 aromatic carbocycles. The summed E-state index contributed by atoms with van der Waals surface area (Å²) < 4.78 is 115. The first-order chi connectivity index (χ1) is 23.4. The topological polar surface area (TPSA) is 80.4 Å². The Labute approximate surface area is 268 Å². The third-order valence-electron chi connectivity index (χ3n) is 9.77. The number of fused-ring (bicyclic) bond motifs is 4. The molecule has 7 nitrogen and oxygen atoms in total. The second-order valence-electron chi connectivity index (χ2n) is 12.5. The molecule has 4 aliphatic rings. The lowest BCUT2D eigenvalue weighted by atomic mass is 9.94. The number of anilines is 2. The molecule has 5 heterocycles. The van der Waals surface area contributed by atoms with E-state index in [1.807, 2.05) is 18.1 Å². The second-order valence-corrected chi connectivity index (χ2v) is 12.5. The van der Waals surface area contributed by atoms with Crippen LogP contribution in [0, 0.1) is 41.5 Å². The number of ether oxygens (including phenoxy) is 1. The van der Waals surface area contributed by atoms with Gasteiger partial charge in [0.1, 0.15) is 35.9 Å². The Balaban J connectivity index is 1.35. The standard InChI is InChI=1S/C34H28F6N6O/c1-2-18-23-20(25(37)27(39)24(18)36)10-17(41)11-21(23)29-28(40)30-22(13-42-29)32(46-9-4-3-6-19-26(38)31(19)46)44-33(43-30)47-15-34-7-5-8-45(34)14-16(35)12-34/h1,3-4,10-11,13,16,19,26,31H,5-9,12,14-15,41H2/t16-,19+,26+,31+,34+/m1/s1/i15D2. The van der Waals surface area contributed by atoms with Crippen LogP contribution in [0.4, 0.5) is 37.8 Å². The molecular weight excluding hydrogens is 622 g/mol. The van der Waals surface area contributed by atoms with Crippen molar-refractivity contribution >= 4 is 33.2 Å². The van der Waals surface area contributed by atoms with Crippen LogP contribution in [0.25, 0.3) is 32.9 Å². The number of nitrogens with zero attached hydrogens (tertiary/aromatic N) is 5. The summed E-state index contributed by atoms with van der Waals surface area (Å²) in [7, 11) is 0. The molecule has 0 bridgehead atoms. The molecule has 0 unspecified atom stereocenters. The predicted molar refractivity (Wildman–Crippen MR) is 164 cm³/mol. The van der Waals surface area contributed by atoms with Gasteiger partial charge in [-0.05, 0) is 37.9 Å². The summed E-state index contributed by atoms with van der Waals surface area (Å²) in [6.45, 7) is -1.84. The molecule has 4 aromatic rings. The van der Waals surface area contributed by atoms with Crippen molar-refractivity contribution in [1.29, 1.82) is 0 Å². The number of hydrogen-bond acceptors (Lipinski definition) is 7. The highest BCUT2D eigenvalue weighted by atomic mass is 19.2. The Morgan fingerprint density at radius 3 is 2.72 bits per heavy atom. The van der Waals surface area contributed by atoms with Gasteiger partial charge in [0.2, 0.25) is 0 Å². The van der Waals surface area contributed by atoms with Crippen LogP contribution in [0.5, 0.6) is 6.01 Å². The van der Waals surface area contributed by atoms with Crippen LogP contribution in [0.3, 0.4) is 0 Å². The monoisotopic (exact) mass is 652 g/mol. The van der Waals surface area contributed by atoms with Crippen LogP contribution in [-0.2, 0) is 0 Å². The maximum atomic E-state index is 16.9. The molecular formula is C34H28F6N6O. The molecule has 3 fully saturated rings. The summed E-state index contributed by atoms with van der Waals surface area (Å²) in [4.78, 5) is 16.3. The number of terminal acetylenes is 1. The SMILES string of the molecule is [2H]C([2H])(Oc1nc(N2CC=CC[C@H]3[C@H](F)[C@H]32)c2cnc(-c3cc(N)cc4c(F)c(F)c(F)c(C#C)c34)c(F)c2n1)[C@@]12CCCN1C[C@H](F)C2. The number of alkyl halides is 2. The van der Waals surface area contributed by atoms with Crippen LogP contribution in [-0.4, -0.2) is 70.0 Å². The van der Waals surface area contributed by atoms with E-state index in [4.69, 9.17) is 19.6 Å². The normalized spacial score (nSPS) is 27.7. The molecule has 2 N–H and O–H groups in total. The van der Waals surface area contributed by atoms with Gasteiger partial charge in [0, 0.05) is 53.6 Å². The van der Waals surface area contributed by atoms with Crippen LogP contribution in [0.1, 0.15) is 34.0 Å². The van der Waals surface area contributed by atoms with Crippen LogP contribution >= 0.6 is 0 Å². The van der Waals surface area contributed by atoms with Crippen molar-refractivity contribution in [1.82, 2.24) is 19.9 Å². The maximum absolute atomic E-state index is 16.9. The number of nitrogen functional groups attached to an aromatic ring is 1. The van der Waals surface area contributed by atoms with Gasteiger partial charge in [-0.25, -0.2) is 26.3 Å². The molecule has 0 amide bonds. The number of pyridine rings is 1. The highest BCUT2D eigenvalue weighted by Gasteiger charge is 2.55. The smallest absolute Gasteiger partial charge is 0.319 e. The van der Waals surface area contributed by atoms with Gasteiger partial charge in [0.05, 0.1) is 25.3 Å². The van der Waals surface area contributed by atoms with E-state index in [0.717, 1.165) is 6.07 Å². The zero-order chi connectivity index (χ0) is 34.6. The first kappa shape index (κ1) is 27.5. The molecule has 0 spiro atoms. The van der Waals surface area contributed by atoms with Crippen molar-refractivity contribution in [2.24, 2.45) is 5.92 Å². The highest BCUT2D eigenvalue weighted by molar-refractivity contribution is 6.04. The van der Waals surface area contributed by atoms with Crippen molar-refractivity contribution in [3.05, 3.63) is 59.3 Å². The zero-order valence-corrected chi connectivity index (χ0v) is 24.7. The fourth-order valence-corrected chi connectivity index (χ4v) is 7.52. The summed E-state index contributed by atoms with van der Waals surface area (Å²) >= 11 is 0. The van der Waals surface area contributed by atoms with Crippen molar-refractivity contribution in [2.75, 3.05) is 36.8 Å². The first-order valence-corrected chi connectivity index (χ1v) is 15.2. The number of halogens is 6. The lowest BCUT2D eigenvalue weighted by Crippen LogP contribution is -2.43. The van der Waals surface area contributed by atoms with Crippen LogP contribution in [0.2, 0.25) is 0 Å². The van der Waals surface area contributed by atoms with E-state index in [1.165, 1.54) is 12.3 Å². The minimum Gasteiger partial charge on any atom is -0.461 e. The Kier molecular flexibility index (Phi) is 6.29. The fraction of sp³-hybridized carbons (Fsp3) is 0.382. The number of hydrogen-bond donors (Lipinski definition) is 1. The summed E-state index contributed by atoms with van der Waals surface area (Å²) in [6, 6.07) is 1.00. The van der Waals surface area contributed by atoms with E-state index < -0.39 is 81.9 Å². The molecule has 2 saturated heterocycles. The molecule has 2 aromatic heterocycles. The van der Waals surface area contributed by atoms with Gasteiger partial charge >= 0.3 is 6.01 Å². The van der Waals surface area contributed by atoms with E-state index >= 15 is 13.2 Å². The highest BCUT2D eigenvalue weighted by Crippen LogP contribution is 2.47. The molecule has 1 saturated carbocycles. The molecule has 3 aliphatic heterocycles. The average molecular weight is 653 g/mol. The van der Waals surface area contributed by atoms with Gasteiger partial charge in [-0.1, -0.05) is 18.1 Å². The summed E-state index contributed by atoms with van der Waals surface area (Å²) in [5.74, 6) is -4.53. The summed E-state index contributed by atoms with van der Waals surface area (Å²) in [5.41, 5.74) is 2.66. The second kappa shape index (κ2) is 10.7. The van der Waals surface area contributed by atoms with Crippen LogP contribution < -0.4 is 15.4 Å². The third kappa shape index (κ3) is 4.52. The van der Waals surface area contributed by atoms with Crippen LogP contribution in [0.15, 0.2) is 30.5 Å². The minimum atomic E-state index is -2.53. The Hall–Kier alpha value is -4.57. The minimum absolute atomic E-state index is 0.0152. The molecule has 8 rings (SSSR count). The largest absolute Gasteiger partial charge is 0.461 e. The Bertz CT molecular complexity index is 2150. The Morgan fingerprint density at radius 2 is 1.91 bits per heavy atom. The quantitative estimate of drug-likeness (QED) is 0.0929. The van der Waals surface area contributed by atoms with Gasteiger partial charge < -0.3 is 15.4 Å². The number of rotatable bonds is 5. The molecule has 0 radical (unpaired) electrons. The van der Waals surface area contributed by atoms with Gasteiger partial charge in [-0.2, -0.15) is 9.97 Å². The third-order valence-corrected chi connectivity index (χ3v) is 9.77.